The first-order valence-corrected chi connectivity index (χ1v) is 13.1. The Bertz CT molecular complexity index is 2060. The minimum absolute atomic E-state index is 0.272. The van der Waals surface area contributed by atoms with Gasteiger partial charge < -0.3 is 4.90 Å². The number of hydrogen-bond acceptors (Lipinski definition) is 1. The number of nitrogens with zero attached hydrogens (tertiary/aromatic N) is 1. The van der Waals surface area contributed by atoms with E-state index in [2.05, 4.69) is 127 Å². The quantitative estimate of drug-likeness (QED) is 0.183. The van der Waals surface area contributed by atoms with E-state index in [0.29, 0.717) is 0 Å². The van der Waals surface area contributed by atoms with Gasteiger partial charge in [-0.3, -0.25) is 0 Å². The van der Waals surface area contributed by atoms with Gasteiger partial charge in [0, 0.05) is 16.8 Å². The molecule has 0 aromatic heterocycles. The zero-order chi connectivity index (χ0) is 24.2. The van der Waals surface area contributed by atoms with E-state index in [1.54, 1.807) is 0 Å². The summed E-state index contributed by atoms with van der Waals surface area (Å²) in [5.74, 6) is 0. The van der Waals surface area contributed by atoms with Crippen molar-refractivity contribution in [1.29, 1.82) is 0 Å². The van der Waals surface area contributed by atoms with Crippen molar-refractivity contribution in [3.05, 3.63) is 121 Å². The van der Waals surface area contributed by atoms with E-state index >= 15 is 0 Å². The molecule has 0 saturated heterocycles. The van der Waals surface area contributed by atoms with Crippen molar-refractivity contribution in [2.75, 3.05) is 4.90 Å². The molecule has 0 bridgehead atoms. The van der Waals surface area contributed by atoms with Crippen molar-refractivity contribution in [1.82, 2.24) is 0 Å². The van der Waals surface area contributed by atoms with E-state index in [1.807, 2.05) is 0 Å². The number of hydrogen-bond donors (Lipinski definition) is 0. The second-order valence-corrected chi connectivity index (χ2v) is 10.6. The predicted molar refractivity (Wildman–Crippen MR) is 160 cm³/mol. The molecule has 170 valence electrons. The molecule has 2 heteroatoms. The summed E-state index contributed by atoms with van der Waals surface area (Å²) in [6, 6.07) is 43.3. The average Bonchev–Trinajstić information content (AvgIpc) is 3.28. The first kappa shape index (κ1) is 19.6. The molecular formula is C35H22BN. The molecule has 2 aliphatic rings. The van der Waals surface area contributed by atoms with Crippen LogP contribution in [-0.4, -0.2) is 6.71 Å². The SMILES string of the molecule is Cc1ccc2c(c1)B1c3ccccc3-c3cccc(c31)N2c1ccc2ccc3cccc4ccc1c2c34. The number of benzene rings is 7. The third-order valence-corrected chi connectivity index (χ3v) is 8.66. The fourth-order valence-electron chi connectivity index (χ4n) is 7.17. The van der Waals surface area contributed by atoms with Gasteiger partial charge in [-0.05, 0) is 74.1 Å². The molecule has 7 aromatic rings. The van der Waals surface area contributed by atoms with Crippen LogP contribution in [0, 0.1) is 6.92 Å². The topological polar surface area (TPSA) is 3.24 Å². The van der Waals surface area contributed by atoms with Crippen LogP contribution in [0.3, 0.4) is 0 Å². The van der Waals surface area contributed by atoms with Gasteiger partial charge in [-0.25, -0.2) is 0 Å². The molecule has 0 amide bonds. The largest absolute Gasteiger partial charge is 0.311 e. The van der Waals surface area contributed by atoms with Crippen LogP contribution >= 0.6 is 0 Å². The summed E-state index contributed by atoms with van der Waals surface area (Å²) in [7, 11) is 0. The lowest BCUT2D eigenvalue weighted by atomic mass is 9.37. The van der Waals surface area contributed by atoms with Gasteiger partial charge >= 0.3 is 0 Å². The number of fused-ring (bicyclic) bond motifs is 5. The van der Waals surface area contributed by atoms with E-state index in [4.69, 9.17) is 0 Å². The molecule has 0 atom stereocenters. The van der Waals surface area contributed by atoms with Gasteiger partial charge in [0.25, 0.3) is 0 Å². The van der Waals surface area contributed by atoms with E-state index < -0.39 is 0 Å². The molecule has 0 aliphatic carbocycles. The summed E-state index contributed by atoms with van der Waals surface area (Å²) in [6.45, 7) is 2.48. The Kier molecular flexibility index (Phi) is 3.61. The van der Waals surface area contributed by atoms with E-state index in [9.17, 15) is 0 Å². The molecule has 0 radical (unpaired) electrons. The Balaban J connectivity index is 1.42. The van der Waals surface area contributed by atoms with Crippen molar-refractivity contribution in [3.8, 4) is 11.1 Å². The standard InChI is InChI=1S/C35H22BN/c1-21-12-18-31-29(20-21)36-28-10-3-2-8-25(28)26-9-5-11-32(35(26)36)37(31)30-19-16-24-14-13-22-6-4-7-23-15-17-27(30)34(24)33(22)23/h2-20H,1H3. The molecule has 0 unspecified atom stereocenters. The Labute approximate surface area is 216 Å². The Morgan fingerprint density at radius 1 is 0.514 bits per heavy atom. The minimum Gasteiger partial charge on any atom is -0.311 e. The highest BCUT2D eigenvalue weighted by molar-refractivity contribution is 7.01. The lowest BCUT2D eigenvalue weighted by Crippen LogP contribution is -2.54. The summed E-state index contributed by atoms with van der Waals surface area (Å²) in [5.41, 5.74) is 12.1. The molecular weight excluding hydrogens is 445 g/mol. The molecule has 0 fully saturated rings. The molecule has 0 saturated carbocycles. The number of anilines is 3. The second-order valence-electron chi connectivity index (χ2n) is 10.6. The third-order valence-electron chi connectivity index (χ3n) is 8.66. The zero-order valence-corrected chi connectivity index (χ0v) is 20.5. The summed E-state index contributed by atoms with van der Waals surface area (Å²) >= 11 is 0. The maximum atomic E-state index is 2.53. The fraction of sp³-hybridized carbons (Fsp3) is 0.0286. The van der Waals surface area contributed by atoms with Crippen LogP contribution in [0.15, 0.2) is 115 Å². The first-order valence-electron chi connectivity index (χ1n) is 13.1. The highest BCUT2D eigenvalue weighted by atomic mass is 15.2. The Morgan fingerprint density at radius 3 is 2.11 bits per heavy atom. The molecule has 2 heterocycles. The van der Waals surface area contributed by atoms with E-state index in [1.165, 1.54) is 82.5 Å². The lowest BCUT2D eigenvalue weighted by Gasteiger charge is -2.37. The van der Waals surface area contributed by atoms with Crippen LogP contribution in [0.2, 0.25) is 0 Å². The summed E-state index contributed by atoms with van der Waals surface area (Å²) in [5, 5.41) is 7.94. The van der Waals surface area contributed by atoms with Crippen molar-refractivity contribution in [2.45, 2.75) is 6.92 Å². The van der Waals surface area contributed by atoms with Gasteiger partial charge in [-0.15, -0.1) is 0 Å². The van der Waals surface area contributed by atoms with Gasteiger partial charge in [0.1, 0.15) is 0 Å². The Morgan fingerprint density at radius 2 is 1.22 bits per heavy atom. The maximum absolute atomic E-state index is 2.53. The average molecular weight is 467 g/mol. The molecule has 2 aliphatic heterocycles. The van der Waals surface area contributed by atoms with Crippen LogP contribution in [0.1, 0.15) is 5.56 Å². The van der Waals surface area contributed by atoms with Crippen molar-refractivity contribution >= 4 is 72.5 Å². The number of aryl methyl sites for hydroxylation is 1. The van der Waals surface area contributed by atoms with Crippen molar-refractivity contribution in [3.63, 3.8) is 0 Å². The van der Waals surface area contributed by atoms with Crippen molar-refractivity contribution < 1.29 is 0 Å². The summed E-state index contributed by atoms with van der Waals surface area (Å²) in [6.07, 6.45) is 0. The third kappa shape index (κ3) is 2.41. The summed E-state index contributed by atoms with van der Waals surface area (Å²) in [4.78, 5) is 2.53. The van der Waals surface area contributed by atoms with Crippen LogP contribution in [-0.2, 0) is 0 Å². The van der Waals surface area contributed by atoms with Crippen LogP contribution in [0.25, 0.3) is 43.4 Å². The molecule has 1 nitrogen and oxygen atoms in total. The van der Waals surface area contributed by atoms with Gasteiger partial charge in [-0.2, -0.15) is 0 Å². The lowest BCUT2D eigenvalue weighted by molar-refractivity contribution is 1.30. The first-order chi connectivity index (χ1) is 18.3. The van der Waals surface area contributed by atoms with Gasteiger partial charge in [-0.1, -0.05) is 108 Å². The Hall–Kier alpha value is -4.56. The van der Waals surface area contributed by atoms with Gasteiger partial charge in [0.05, 0.1) is 5.69 Å². The van der Waals surface area contributed by atoms with Gasteiger partial charge in [0.2, 0.25) is 6.71 Å². The highest BCUT2D eigenvalue weighted by Crippen LogP contribution is 2.45. The van der Waals surface area contributed by atoms with E-state index in [-0.39, 0.29) is 6.71 Å². The fourth-order valence-corrected chi connectivity index (χ4v) is 7.17. The zero-order valence-electron chi connectivity index (χ0n) is 20.5. The molecule has 7 aromatic carbocycles. The van der Waals surface area contributed by atoms with E-state index in [0.717, 1.165) is 0 Å². The second kappa shape index (κ2) is 6.81. The summed E-state index contributed by atoms with van der Waals surface area (Å²) < 4.78 is 0. The predicted octanol–water partition coefficient (Wildman–Crippen LogP) is 7.17. The molecule has 0 spiro atoms. The molecule has 37 heavy (non-hydrogen) atoms. The monoisotopic (exact) mass is 467 g/mol. The van der Waals surface area contributed by atoms with Crippen molar-refractivity contribution in [2.24, 2.45) is 0 Å². The smallest absolute Gasteiger partial charge is 0.248 e. The molecule has 9 rings (SSSR count). The van der Waals surface area contributed by atoms with Crippen LogP contribution < -0.4 is 21.3 Å². The van der Waals surface area contributed by atoms with Crippen LogP contribution in [0.5, 0.6) is 0 Å². The minimum atomic E-state index is 0.272. The highest BCUT2D eigenvalue weighted by Gasteiger charge is 2.42. The normalized spacial score (nSPS) is 13.4. The number of rotatable bonds is 1. The van der Waals surface area contributed by atoms with Gasteiger partial charge in [0.15, 0.2) is 0 Å². The molecule has 0 N–H and O–H groups in total. The maximum Gasteiger partial charge on any atom is 0.248 e. The van der Waals surface area contributed by atoms with Crippen LogP contribution in [0.4, 0.5) is 17.1 Å².